The molecule has 2 atom stereocenters. The summed E-state index contributed by atoms with van der Waals surface area (Å²) in [5.74, 6) is 2.23. The van der Waals surface area contributed by atoms with Gasteiger partial charge in [-0.3, -0.25) is 0 Å². The minimum Gasteiger partial charge on any atom is -0.247 e. The number of pyridine rings is 1. The van der Waals surface area contributed by atoms with Crippen molar-refractivity contribution in [2.24, 2.45) is 0 Å². The minimum atomic E-state index is -0.189. The van der Waals surface area contributed by atoms with Gasteiger partial charge < -0.3 is 0 Å². The summed E-state index contributed by atoms with van der Waals surface area (Å²) < 4.78 is 5.00. The summed E-state index contributed by atoms with van der Waals surface area (Å²) >= 11 is 3.73. The molecule has 0 bridgehead atoms. The summed E-state index contributed by atoms with van der Waals surface area (Å²) in [5, 5.41) is 5.05. The van der Waals surface area contributed by atoms with E-state index in [9.17, 15) is 0 Å². The second-order valence-electron chi connectivity index (χ2n) is 32.9. The van der Waals surface area contributed by atoms with Gasteiger partial charge in [0, 0.05) is 90.8 Å². The fourth-order valence-electron chi connectivity index (χ4n) is 20.5. The molecule has 23 rings (SSSR count). The van der Waals surface area contributed by atoms with E-state index in [1.165, 1.54) is 168 Å². The second-order valence-corrected chi connectivity index (χ2v) is 35.0. The van der Waals surface area contributed by atoms with Crippen molar-refractivity contribution >= 4 is 63.0 Å². The second kappa shape index (κ2) is 26.0. The molecule has 0 N–H and O–H groups in total. The predicted octanol–water partition coefficient (Wildman–Crippen LogP) is 29.0. The first-order valence-electron chi connectivity index (χ1n) is 40.2. The fraction of sp³-hybridized carbons (Fsp3) is 0.101. The molecule has 0 saturated carbocycles. The molecule has 6 heteroatoms. The molecule has 4 nitrogen and oxygen atoms in total. The van der Waals surface area contributed by atoms with Gasteiger partial charge >= 0.3 is 0 Å². The van der Waals surface area contributed by atoms with Gasteiger partial charge in [0.2, 0.25) is 0 Å². The maximum atomic E-state index is 5.46. The molecule has 0 amide bonds. The number of fused-ring (bicyclic) bond motifs is 20. The van der Waals surface area contributed by atoms with Crippen molar-refractivity contribution in [1.82, 2.24) is 19.9 Å². The summed E-state index contributed by atoms with van der Waals surface area (Å²) in [6.07, 6.45) is 1.84. The first kappa shape index (κ1) is 67.6. The van der Waals surface area contributed by atoms with Crippen LogP contribution in [0.1, 0.15) is 101 Å². The summed E-state index contributed by atoms with van der Waals surface area (Å²) in [5.41, 5.74) is 39.9. The fourth-order valence-corrected chi connectivity index (χ4v) is 22.9. The van der Waals surface area contributed by atoms with Crippen LogP contribution < -0.4 is 0 Å². The van der Waals surface area contributed by atoms with Gasteiger partial charge in [-0.1, -0.05) is 313 Å². The van der Waals surface area contributed by atoms with E-state index < -0.39 is 0 Å². The van der Waals surface area contributed by atoms with Crippen LogP contribution in [-0.2, 0) is 23.7 Å². The molecular formula is C109H76N4S2. The third kappa shape index (κ3) is 10.6. The van der Waals surface area contributed by atoms with Crippen LogP contribution in [-0.4, -0.2) is 19.9 Å². The maximum Gasteiger partial charge on any atom is 0.165 e. The van der Waals surface area contributed by atoms with E-state index in [2.05, 4.69) is 368 Å². The lowest BCUT2D eigenvalue weighted by molar-refractivity contribution is 0.643. The number of benzene rings is 15. The van der Waals surface area contributed by atoms with E-state index in [4.69, 9.17) is 19.9 Å². The SMILES string of the molecule is Cc1c(-c2ccccc2)cc(-c2ccccc2)nc1-c1cccc(-c2cccc3c2sc2ccc(C4Cc5c(ccc6c5C(C)(C)c5ccccc5-6)-c5cc(-c6ccc(-c7nc(-c8ccccc8)nc(-c8cccc9c8sc8ccc(C%10Cc%11c(ccc%12c%11C(C)(C)c%11ccccc%11-%12)-c%11ccccc%11%10)cc89)n7)cc6)ccc54)cc23)c1. The third-order valence-electron chi connectivity index (χ3n) is 25.9. The standard InChI is InChI=1S/C109H76N4S2/c1-63-87(65-24-9-6-10-25-65)62-97(66-26-11-7-12-27-66)110-102(63)73-31-21-30-70(56-73)74-36-22-37-84-91-59-72(48-54-98(91)114-103(74)84)89-61-94-79(51-53-83-81-35-18-20-41-96(81)109(4,5)101(83)94)90-57-69(46-49-78(89)90)64-42-44-68(45-43-64)106-111-105(67-28-13-8-14-29-67)112-107(113-106)86-39-23-38-85-92-58-71(47-55-99(92)115-104(85)86)88-60-93-77(75-32-15-16-33-76(75)88)50-52-82-80-34-17-19-40-95(80)108(2,3)100(82)93/h6-59,62,88-89H,60-61H2,1-5H3. The van der Waals surface area contributed by atoms with Gasteiger partial charge in [0.1, 0.15) is 0 Å². The van der Waals surface area contributed by atoms with Gasteiger partial charge in [0.05, 0.1) is 11.4 Å². The Hall–Kier alpha value is -13.1. The Morgan fingerprint density at radius 3 is 1.35 bits per heavy atom. The largest absolute Gasteiger partial charge is 0.247 e. The number of rotatable bonds is 10. The van der Waals surface area contributed by atoms with Crippen LogP contribution in [0.15, 0.2) is 334 Å². The van der Waals surface area contributed by atoms with Crippen molar-refractivity contribution in [1.29, 1.82) is 0 Å². The highest BCUT2D eigenvalue weighted by molar-refractivity contribution is 7.26. The Morgan fingerprint density at radius 2 is 0.730 bits per heavy atom. The zero-order valence-corrected chi connectivity index (χ0v) is 66.1. The Labute approximate surface area is 677 Å². The Kier molecular flexibility index (Phi) is 15.3. The Bertz CT molecular complexity index is 7290. The number of nitrogens with zero attached hydrogens (tertiary/aromatic N) is 4. The highest BCUT2D eigenvalue weighted by Gasteiger charge is 2.43. The lowest BCUT2D eigenvalue weighted by Gasteiger charge is -2.34. The van der Waals surface area contributed by atoms with Crippen molar-refractivity contribution in [3.8, 4) is 135 Å². The van der Waals surface area contributed by atoms with Crippen molar-refractivity contribution in [3.05, 3.63) is 395 Å². The molecular weight excluding hydrogens is 1430 g/mol. The lowest BCUT2D eigenvalue weighted by Crippen LogP contribution is -2.21. The van der Waals surface area contributed by atoms with E-state index in [-0.39, 0.29) is 22.7 Å². The topological polar surface area (TPSA) is 51.6 Å². The normalized spacial score (nSPS) is 15.1. The molecule has 0 saturated heterocycles. The average Bonchev–Trinajstić information content (AvgIpc) is 1.56. The molecule has 0 radical (unpaired) electrons. The maximum absolute atomic E-state index is 5.46. The first-order chi connectivity index (χ1) is 56.4. The minimum absolute atomic E-state index is 0.104. The molecule has 115 heavy (non-hydrogen) atoms. The van der Waals surface area contributed by atoms with Crippen LogP contribution in [0, 0.1) is 6.92 Å². The predicted molar refractivity (Wildman–Crippen MR) is 482 cm³/mol. The Morgan fingerprint density at radius 1 is 0.278 bits per heavy atom. The smallest absolute Gasteiger partial charge is 0.165 e. The summed E-state index contributed by atoms with van der Waals surface area (Å²) in [4.78, 5) is 21.6. The van der Waals surface area contributed by atoms with Gasteiger partial charge in [0.15, 0.2) is 17.5 Å². The zero-order valence-electron chi connectivity index (χ0n) is 64.4. The first-order valence-corrected chi connectivity index (χ1v) is 41.9. The van der Waals surface area contributed by atoms with E-state index in [1.54, 1.807) is 0 Å². The molecule has 19 aromatic rings. The molecule has 0 aliphatic heterocycles. The quantitative estimate of drug-likeness (QED) is 0.137. The molecule has 4 aliphatic carbocycles. The molecule has 4 heterocycles. The molecule has 544 valence electrons. The highest BCUT2D eigenvalue weighted by atomic mass is 32.1. The van der Waals surface area contributed by atoms with Crippen LogP contribution in [0.5, 0.6) is 0 Å². The van der Waals surface area contributed by atoms with Crippen LogP contribution >= 0.6 is 22.7 Å². The van der Waals surface area contributed by atoms with Crippen LogP contribution in [0.3, 0.4) is 0 Å². The van der Waals surface area contributed by atoms with Crippen LogP contribution in [0.25, 0.3) is 175 Å². The monoisotopic (exact) mass is 1500 g/mol. The summed E-state index contributed by atoms with van der Waals surface area (Å²) in [6.45, 7) is 11.9. The number of aromatic nitrogens is 4. The van der Waals surface area contributed by atoms with Gasteiger partial charge in [-0.2, -0.15) is 0 Å². The van der Waals surface area contributed by atoms with Gasteiger partial charge in [0.25, 0.3) is 0 Å². The molecule has 2 unspecified atom stereocenters. The number of thiophene rings is 2. The Balaban J connectivity index is 0.598. The number of hydrogen-bond acceptors (Lipinski definition) is 6. The molecule has 4 aliphatic rings. The van der Waals surface area contributed by atoms with E-state index >= 15 is 0 Å². The van der Waals surface area contributed by atoms with Gasteiger partial charge in [-0.25, -0.2) is 19.9 Å². The lowest BCUT2D eigenvalue weighted by atomic mass is 9.70. The van der Waals surface area contributed by atoms with Gasteiger partial charge in [-0.15, -0.1) is 22.7 Å². The summed E-state index contributed by atoms with van der Waals surface area (Å²) in [6, 6.07) is 124. The van der Waals surface area contributed by atoms with Crippen molar-refractivity contribution in [2.75, 3.05) is 0 Å². The van der Waals surface area contributed by atoms with E-state index in [0.717, 1.165) is 63.2 Å². The van der Waals surface area contributed by atoms with E-state index in [1.807, 2.05) is 22.7 Å². The van der Waals surface area contributed by atoms with Crippen molar-refractivity contribution in [3.63, 3.8) is 0 Å². The van der Waals surface area contributed by atoms with Gasteiger partial charge in [-0.05, 0) is 207 Å². The molecule has 15 aromatic carbocycles. The van der Waals surface area contributed by atoms with E-state index in [0.29, 0.717) is 17.5 Å². The summed E-state index contributed by atoms with van der Waals surface area (Å²) in [7, 11) is 0. The van der Waals surface area contributed by atoms with Crippen molar-refractivity contribution in [2.45, 2.75) is 70.1 Å². The molecule has 0 fully saturated rings. The average molecular weight is 1510 g/mol. The zero-order chi connectivity index (χ0) is 76.5. The number of hydrogen-bond donors (Lipinski definition) is 0. The van der Waals surface area contributed by atoms with Crippen LogP contribution in [0.4, 0.5) is 0 Å². The molecule has 0 spiro atoms. The molecule has 4 aromatic heterocycles. The third-order valence-corrected chi connectivity index (χ3v) is 28.4. The van der Waals surface area contributed by atoms with Crippen molar-refractivity contribution < 1.29 is 0 Å². The van der Waals surface area contributed by atoms with Crippen LogP contribution in [0.2, 0.25) is 0 Å². The highest BCUT2D eigenvalue weighted by Crippen LogP contribution is 2.59.